The highest BCUT2D eigenvalue weighted by atomic mass is 16.6. The monoisotopic (exact) mass is 555 g/mol. The molecule has 0 fully saturated rings. The SMILES string of the molecule is CC(C)(C)OC(=O)C[C@H](NC(=O)OCC1c2ccccc2-c2ccccc21)C(=O)NN1C(=O)c2ccccc2C1=O. The summed E-state index contributed by atoms with van der Waals surface area (Å²) in [5.74, 6) is -3.39. The Bertz CT molecular complexity index is 1480. The molecule has 41 heavy (non-hydrogen) atoms. The number of hydrazine groups is 1. The van der Waals surface area contributed by atoms with Gasteiger partial charge in [-0.3, -0.25) is 24.6 Å². The van der Waals surface area contributed by atoms with Gasteiger partial charge in [-0.2, -0.15) is 5.01 Å². The van der Waals surface area contributed by atoms with E-state index in [0.717, 1.165) is 22.3 Å². The molecule has 0 bridgehead atoms. The summed E-state index contributed by atoms with van der Waals surface area (Å²) >= 11 is 0. The van der Waals surface area contributed by atoms with E-state index in [4.69, 9.17) is 9.47 Å². The quantitative estimate of drug-likeness (QED) is 0.333. The molecule has 1 aliphatic heterocycles. The van der Waals surface area contributed by atoms with E-state index in [1.165, 1.54) is 12.1 Å². The first-order chi connectivity index (χ1) is 19.5. The number of fused-ring (bicyclic) bond motifs is 4. The first kappa shape index (κ1) is 27.6. The summed E-state index contributed by atoms with van der Waals surface area (Å²) < 4.78 is 10.9. The number of nitrogens with one attached hydrogen (secondary N) is 2. The van der Waals surface area contributed by atoms with Gasteiger partial charge in [0.15, 0.2) is 0 Å². The summed E-state index contributed by atoms with van der Waals surface area (Å²) in [6.45, 7) is 4.98. The van der Waals surface area contributed by atoms with Gasteiger partial charge in [-0.25, -0.2) is 4.79 Å². The summed E-state index contributed by atoms with van der Waals surface area (Å²) in [7, 11) is 0. The standard InChI is InChI=1S/C31H29N3O7/c1-31(2,3)41-26(35)16-25(27(36)33-34-28(37)22-14-8-9-15-23(22)29(34)38)32-30(39)40-17-24-20-12-6-4-10-18(20)19-11-5-7-13-21(19)24/h4-15,24-25H,16-17H2,1-3H3,(H,32,39)(H,33,36)/t25-/m0/s1. The third-order valence-corrected chi connectivity index (χ3v) is 6.76. The number of amides is 4. The van der Waals surface area contributed by atoms with E-state index in [0.29, 0.717) is 5.01 Å². The molecule has 0 saturated heterocycles. The number of hydrogen-bond acceptors (Lipinski definition) is 7. The molecule has 0 aromatic heterocycles. The maximum absolute atomic E-state index is 13.2. The van der Waals surface area contributed by atoms with Crippen LogP contribution in [0, 0.1) is 0 Å². The Labute approximate surface area is 236 Å². The third kappa shape index (κ3) is 5.67. The van der Waals surface area contributed by atoms with Gasteiger partial charge in [0.1, 0.15) is 18.2 Å². The van der Waals surface area contributed by atoms with Crippen LogP contribution in [0.3, 0.4) is 0 Å². The van der Waals surface area contributed by atoms with E-state index < -0.39 is 47.8 Å². The highest BCUT2D eigenvalue weighted by molar-refractivity contribution is 6.21. The molecule has 0 spiro atoms. The highest BCUT2D eigenvalue weighted by Gasteiger charge is 2.39. The van der Waals surface area contributed by atoms with E-state index >= 15 is 0 Å². The molecule has 2 aliphatic rings. The van der Waals surface area contributed by atoms with Gasteiger partial charge in [0.25, 0.3) is 17.7 Å². The molecular formula is C31H29N3O7. The molecule has 10 nitrogen and oxygen atoms in total. The number of esters is 1. The van der Waals surface area contributed by atoms with Crippen molar-refractivity contribution in [2.75, 3.05) is 6.61 Å². The van der Waals surface area contributed by atoms with E-state index in [-0.39, 0.29) is 23.7 Å². The van der Waals surface area contributed by atoms with Crippen LogP contribution < -0.4 is 10.7 Å². The Morgan fingerprint density at radius 3 is 1.80 bits per heavy atom. The molecule has 2 N–H and O–H groups in total. The first-order valence-electron chi connectivity index (χ1n) is 13.1. The van der Waals surface area contributed by atoms with Crippen LogP contribution in [0.25, 0.3) is 11.1 Å². The zero-order valence-electron chi connectivity index (χ0n) is 22.8. The van der Waals surface area contributed by atoms with Crippen molar-refractivity contribution in [1.29, 1.82) is 0 Å². The van der Waals surface area contributed by atoms with Gasteiger partial charge in [0, 0.05) is 5.92 Å². The van der Waals surface area contributed by atoms with Crippen molar-refractivity contribution in [1.82, 2.24) is 15.8 Å². The van der Waals surface area contributed by atoms with Crippen LogP contribution in [-0.2, 0) is 19.1 Å². The molecular weight excluding hydrogens is 526 g/mol. The Morgan fingerprint density at radius 1 is 0.805 bits per heavy atom. The maximum atomic E-state index is 13.2. The molecule has 0 saturated carbocycles. The van der Waals surface area contributed by atoms with Gasteiger partial charge in [0.05, 0.1) is 17.5 Å². The summed E-state index contributed by atoms with van der Waals surface area (Å²) in [4.78, 5) is 64.2. The van der Waals surface area contributed by atoms with Gasteiger partial charge in [-0.15, -0.1) is 0 Å². The molecule has 1 heterocycles. The lowest BCUT2D eigenvalue weighted by Gasteiger charge is -2.24. The van der Waals surface area contributed by atoms with E-state index in [1.807, 2.05) is 48.5 Å². The second-order valence-corrected chi connectivity index (χ2v) is 10.8. The largest absolute Gasteiger partial charge is 0.460 e. The summed E-state index contributed by atoms with van der Waals surface area (Å²) in [5.41, 5.74) is 5.79. The number of carbonyl (C=O) groups excluding carboxylic acids is 5. The number of rotatable bonds is 7. The fraction of sp³-hybridized carbons (Fsp3) is 0.258. The van der Waals surface area contributed by atoms with Crippen LogP contribution in [0.4, 0.5) is 4.79 Å². The molecule has 10 heteroatoms. The lowest BCUT2D eigenvalue weighted by atomic mass is 9.98. The lowest BCUT2D eigenvalue weighted by molar-refractivity contribution is -0.156. The van der Waals surface area contributed by atoms with Crippen molar-refractivity contribution in [3.8, 4) is 11.1 Å². The van der Waals surface area contributed by atoms with Gasteiger partial charge in [-0.05, 0) is 55.2 Å². The Hall–Kier alpha value is -4.99. The zero-order chi connectivity index (χ0) is 29.3. The second-order valence-electron chi connectivity index (χ2n) is 10.8. The Kier molecular flexibility index (Phi) is 7.32. The number of ether oxygens (including phenoxy) is 2. The van der Waals surface area contributed by atoms with Crippen molar-refractivity contribution in [2.45, 2.75) is 44.8 Å². The van der Waals surface area contributed by atoms with Crippen LogP contribution in [0.1, 0.15) is 65.0 Å². The molecule has 4 amide bonds. The summed E-state index contributed by atoms with van der Waals surface area (Å²) in [6.07, 6.45) is -1.51. The number of imide groups is 1. The van der Waals surface area contributed by atoms with Crippen molar-refractivity contribution in [3.63, 3.8) is 0 Å². The average Bonchev–Trinajstić information content (AvgIpc) is 3.38. The van der Waals surface area contributed by atoms with E-state index in [9.17, 15) is 24.0 Å². The minimum absolute atomic E-state index is 0.0148. The van der Waals surface area contributed by atoms with E-state index in [1.54, 1.807) is 32.9 Å². The number of nitrogens with zero attached hydrogens (tertiary/aromatic N) is 1. The fourth-order valence-electron chi connectivity index (χ4n) is 5.02. The predicted octanol–water partition coefficient (Wildman–Crippen LogP) is 3.95. The van der Waals surface area contributed by atoms with Crippen molar-refractivity contribution < 1.29 is 33.4 Å². The highest BCUT2D eigenvalue weighted by Crippen LogP contribution is 2.44. The number of carbonyl (C=O) groups is 5. The van der Waals surface area contributed by atoms with Crippen LogP contribution in [-0.4, -0.2) is 53.0 Å². The number of benzene rings is 3. The minimum atomic E-state index is -1.50. The van der Waals surface area contributed by atoms with Crippen LogP contribution in [0.2, 0.25) is 0 Å². The Morgan fingerprint density at radius 2 is 1.29 bits per heavy atom. The van der Waals surface area contributed by atoms with Crippen molar-refractivity contribution in [3.05, 3.63) is 95.1 Å². The van der Waals surface area contributed by atoms with E-state index in [2.05, 4.69) is 10.7 Å². The van der Waals surface area contributed by atoms with Crippen molar-refractivity contribution >= 4 is 29.8 Å². The van der Waals surface area contributed by atoms with Crippen LogP contribution in [0.15, 0.2) is 72.8 Å². The molecule has 0 unspecified atom stereocenters. The molecule has 0 radical (unpaired) electrons. The fourth-order valence-corrected chi connectivity index (χ4v) is 5.02. The molecule has 210 valence electrons. The minimum Gasteiger partial charge on any atom is -0.460 e. The van der Waals surface area contributed by atoms with Crippen LogP contribution in [0.5, 0.6) is 0 Å². The topological polar surface area (TPSA) is 131 Å². The van der Waals surface area contributed by atoms with Crippen LogP contribution >= 0.6 is 0 Å². The van der Waals surface area contributed by atoms with Gasteiger partial charge < -0.3 is 14.8 Å². The molecule has 3 aromatic carbocycles. The average molecular weight is 556 g/mol. The van der Waals surface area contributed by atoms with Gasteiger partial charge in [-0.1, -0.05) is 60.7 Å². The normalized spacial score (nSPS) is 14.6. The number of alkyl carbamates (subject to hydrolysis) is 1. The molecule has 1 aliphatic carbocycles. The van der Waals surface area contributed by atoms with Gasteiger partial charge in [0.2, 0.25) is 0 Å². The third-order valence-electron chi connectivity index (χ3n) is 6.76. The Balaban J connectivity index is 1.29. The first-order valence-corrected chi connectivity index (χ1v) is 13.1. The van der Waals surface area contributed by atoms with Gasteiger partial charge >= 0.3 is 12.1 Å². The molecule has 3 aromatic rings. The summed E-state index contributed by atoms with van der Waals surface area (Å²) in [6, 6.07) is 20.3. The number of hydrogen-bond donors (Lipinski definition) is 2. The molecule has 1 atom stereocenters. The second kappa shape index (κ2) is 10.9. The summed E-state index contributed by atoms with van der Waals surface area (Å²) in [5, 5.41) is 2.97. The van der Waals surface area contributed by atoms with Crippen molar-refractivity contribution in [2.24, 2.45) is 0 Å². The smallest absolute Gasteiger partial charge is 0.407 e. The lowest BCUT2D eigenvalue weighted by Crippen LogP contribution is -2.55. The zero-order valence-corrected chi connectivity index (χ0v) is 22.8. The maximum Gasteiger partial charge on any atom is 0.407 e. The predicted molar refractivity (Wildman–Crippen MR) is 148 cm³/mol. The molecule has 5 rings (SSSR count).